The lowest BCUT2D eigenvalue weighted by Gasteiger charge is -2.11. The van der Waals surface area contributed by atoms with Gasteiger partial charge in [0.25, 0.3) is 0 Å². The Bertz CT molecular complexity index is 192. The number of aliphatic hydroxyl groups excluding tert-OH is 1. The molecule has 0 radical (unpaired) electrons. The van der Waals surface area contributed by atoms with Crippen LogP contribution in [-0.4, -0.2) is 41.0 Å². The maximum atomic E-state index is 10.8. The van der Waals surface area contributed by atoms with E-state index in [1.807, 2.05) is 0 Å². The molecule has 0 aliphatic carbocycles. The van der Waals surface area contributed by atoms with E-state index in [2.05, 4.69) is 0 Å². The Hall–Kier alpha value is -1.10. The van der Waals surface area contributed by atoms with Crippen molar-refractivity contribution in [1.29, 1.82) is 0 Å². The largest absolute Gasteiger partial charge is 0.391 e. The molecule has 1 rings (SSSR count). The molecule has 1 fully saturated rings. The van der Waals surface area contributed by atoms with Gasteiger partial charge in [-0.15, -0.1) is 0 Å². The average Bonchev–Trinajstić information content (AvgIpc) is 2.34. The molecule has 1 aliphatic rings. The Morgan fingerprint density at radius 1 is 1.55 bits per heavy atom. The molecule has 0 saturated carbocycles. The smallest absolute Gasteiger partial charge is 0.311 e. The lowest BCUT2D eigenvalue weighted by molar-refractivity contribution is -0.143. The van der Waals surface area contributed by atoms with E-state index in [0.717, 1.165) is 0 Å². The lowest BCUT2D eigenvalue weighted by Crippen LogP contribution is -2.39. The first-order valence-corrected chi connectivity index (χ1v) is 3.38. The van der Waals surface area contributed by atoms with Crippen LogP contribution in [0.5, 0.6) is 0 Å². The number of likely N-dealkylation sites (tertiary alicyclic amines) is 1. The Balaban J connectivity index is 2.50. The Morgan fingerprint density at radius 2 is 2.18 bits per heavy atom. The molecule has 62 valence electrons. The zero-order valence-electron chi connectivity index (χ0n) is 5.99. The number of carbonyl (C=O) groups is 2. The zero-order chi connectivity index (χ0) is 8.43. The zero-order valence-corrected chi connectivity index (χ0v) is 5.99. The van der Waals surface area contributed by atoms with Crippen molar-refractivity contribution >= 4 is 11.8 Å². The number of carbonyl (C=O) groups excluding carboxylic acids is 2. The molecule has 5 heteroatoms. The monoisotopic (exact) mass is 158 g/mol. The quantitative estimate of drug-likeness (QED) is 0.402. The first-order valence-electron chi connectivity index (χ1n) is 3.38. The van der Waals surface area contributed by atoms with Crippen molar-refractivity contribution < 1.29 is 14.7 Å². The highest BCUT2D eigenvalue weighted by atomic mass is 16.3. The predicted octanol–water partition coefficient (Wildman–Crippen LogP) is -1.94. The highest BCUT2D eigenvalue weighted by Crippen LogP contribution is 2.07. The summed E-state index contributed by atoms with van der Waals surface area (Å²) in [6.45, 7) is 0.644. The Kier molecular flexibility index (Phi) is 2.09. The van der Waals surface area contributed by atoms with Gasteiger partial charge in [0.05, 0.1) is 6.10 Å². The van der Waals surface area contributed by atoms with Crippen LogP contribution in [-0.2, 0) is 9.59 Å². The molecule has 1 atom stereocenters. The van der Waals surface area contributed by atoms with E-state index < -0.39 is 17.9 Å². The van der Waals surface area contributed by atoms with Crippen LogP contribution in [0, 0.1) is 0 Å². The fraction of sp³-hybridized carbons (Fsp3) is 0.667. The molecule has 1 heterocycles. The third kappa shape index (κ3) is 1.68. The van der Waals surface area contributed by atoms with Gasteiger partial charge in [0.1, 0.15) is 0 Å². The first-order chi connectivity index (χ1) is 5.11. The molecule has 11 heavy (non-hydrogen) atoms. The fourth-order valence-corrected chi connectivity index (χ4v) is 1.08. The topological polar surface area (TPSA) is 83.6 Å². The summed E-state index contributed by atoms with van der Waals surface area (Å²) in [4.78, 5) is 22.4. The van der Waals surface area contributed by atoms with Gasteiger partial charge in [0, 0.05) is 13.1 Å². The van der Waals surface area contributed by atoms with Gasteiger partial charge >= 0.3 is 11.8 Å². The average molecular weight is 158 g/mol. The van der Waals surface area contributed by atoms with Crippen LogP contribution in [0.4, 0.5) is 0 Å². The van der Waals surface area contributed by atoms with Crippen molar-refractivity contribution in [3.63, 3.8) is 0 Å². The van der Waals surface area contributed by atoms with E-state index in [-0.39, 0.29) is 6.54 Å². The molecule has 0 aromatic rings. The number of hydrogen-bond acceptors (Lipinski definition) is 3. The maximum absolute atomic E-state index is 10.8. The molecule has 2 amide bonds. The van der Waals surface area contributed by atoms with Crippen LogP contribution >= 0.6 is 0 Å². The maximum Gasteiger partial charge on any atom is 0.311 e. The summed E-state index contributed by atoms with van der Waals surface area (Å²) in [6.07, 6.45) is 0.0252. The molecular formula is C6H10N2O3. The van der Waals surface area contributed by atoms with Gasteiger partial charge in [-0.3, -0.25) is 9.59 Å². The highest BCUT2D eigenvalue weighted by molar-refractivity contribution is 6.34. The molecule has 3 N–H and O–H groups in total. The van der Waals surface area contributed by atoms with Crippen LogP contribution in [0.25, 0.3) is 0 Å². The second-order valence-electron chi connectivity index (χ2n) is 2.56. The van der Waals surface area contributed by atoms with Crippen molar-refractivity contribution in [3.05, 3.63) is 0 Å². The number of nitrogens with zero attached hydrogens (tertiary/aromatic N) is 1. The Labute approximate surface area is 63.8 Å². The van der Waals surface area contributed by atoms with Gasteiger partial charge in [0.15, 0.2) is 0 Å². The minimum Gasteiger partial charge on any atom is -0.391 e. The Morgan fingerprint density at radius 3 is 2.55 bits per heavy atom. The number of hydrogen-bond donors (Lipinski definition) is 2. The van der Waals surface area contributed by atoms with Gasteiger partial charge in [0.2, 0.25) is 0 Å². The standard InChI is InChI=1S/C6H10N2O3/c7-5(10)6(11)8-2-1-4(9)3-8/h4,9H,1-3H2,(H2,7,10)/t4-/m0/s1. The van der Waals surface area contributed by atoms with Gasteiger partial charge in [-0.25, -0.2) is 0 Å². The summed E-state index contributed by atoms with van der Waals surface area (Å²) in [7, 11) is 0. The van der Waals surface area contributed by atoms with Crippen molar-refractivity contribution in [3.8, 4) is 0 Å². The van der Waals surface area contributed by atoms with E-state index in [9.17, 15) is 9.59 Å². The predicted molar refractivity (Wildman–Crippen MR) is 36.4 cm³/mol. The summed E-state index contributed by atoms with van der Waals surface area (Å²) in [5.74, 6) is -1.67. The van der Waals surface area contributed by atoms with Crippen LogP contribution in [0.2, 0.25) is 0 Å². The lowest BCUT2D eigenvalue weighted by atomic mass is 10.3. The normalized spacial score (nSPS) is 23.7. The first kappa shape index (κ1) is 8.00. The highest BCUT2D eigenvalue weighted by Gasteiger charge is 2.27. The number of aliphatic hydroxyl groups is 1. The number of rotatable bonds is 0. The molecule has 0 unspecified atom stereocenters. The molecule has 0 aromatic heterocycles. The third-order valence-corrected chi connectivity index (χ3v) is 1.66. The van der Waals surface area contributed by atoms with Crippen molar-refractivity contribution in [2.75, 3.05) is 13.1 Å². The van der Waals surface area contributed by atoms with Crippen molar-refractivity contribution in [2.24, 2.45) is 5.73 Å². The van der Waals surface area contributed by atoms with Crippen LogP contribution < -0.4 is 5.73 Å². The van der Waals surface area contributed by atoms with Crippen molar-refractivity contribution in [2.45, 2.75) is 12.5 Å². The van der Waals surface area contributed by atoms with E-state index in [4.69, 9.17) is 10.8 Å². The molecule has 1 saturated heterocycles. The van der Waals surface area contributed by atoms with Gasteiger partial charge in [-0.05, 0) is 6.42 Å². The number of β-amino-alcohol motifs (C(OH)–C–C–N with tert-alkyl or cyclic N) is 1. The summed E-state index contributed by atoms with van der Waals surface area (Å²) in [6, 6.07) is 0. The summed E-state index contributed by atoms with van der Waals surface area (Å²) in [5, 5.41) is 8.98. The summed E-state index contributed by atoms with van der Waals surface area (Å²) >= 11 is 0. The molecule has 0 spiro atoms. The molecule has 1 aliphatic heterocycles. The van der Waals surface area contributed by atoms with Crippen LogP contribution in [0.15, 0.2) is 0 Å². The third-order valence-electron chi connectivity index (χ3n) is 1.66. The molecule has 0 aromatic carbocycles. The minimum atomic E-state index is -0.959. The van der Waals surface area contributed by atoms with Gasteiger partial charge < -0.3 is 15.7 Å². The summed E-state index contributed by atoms with van der Waals surface area (Å²) < 4.78 is 0. The molecule has 5 nitrogen and oxygen atoms in total. The van der Waals surface area contributed by atoms with Gasteiger partial charge in [-0.2, -0.15) is 0 Å². The van der Waals surface area contributed by atoms with Crippen LogP contribution in [0.3, 0.4) is 0 Å². The summed E-state index contributed by atoms with van der Waals surface area (Å²) in [5.41, 5.74) is 4.75. The van der Waals surface area contributed by atoms with E-state index in [0.29, 0.717) is 13.0 Å². The SMILES string of the molecule is NC(=O)C(=O)N1CC[C@H](O)C1. The number of nitrogens with two attached hydrogens (primary N) is 1. The van der Waals surface area contributed by atoms with E-state index in [1.165, 1.54) is 4.90 Å². The van der Waals surface area contributed by atoms with Crippen LogP contribution in [0.1, 0.15) is 6.42 Å². The van der Waals surface area contributed by atoms with Crippen molar-refractivity contribution in [1.82, 2.24) is 4.90 Å². The minimum absolute atomic E-state index is 0.224. The number of primary amides is 1. The molecular weight excluding hydrogens is 148 g/mol. The van der Waals surface area contributed by atoms with Gasteiger partial charge in [-0.1, -0.05) is 0 Å². The fourth-order valence-electron chi connectivity index (χ4n) is 1.08. The van der Waals surface area contributed by atoms with E-state index in [1.54, 1.807) is 0 Å². The second-order valence-corrected chi connectivity index (χ2v) is 2.56. The number of amides is 2. The second kappa shape index (κ2) is 2.87. The molecule has 0 bridgehead atoms. The van der Waals surface area contributed by atoms with E-state index >= 15 is 0 Å².